The molecule has 1 amide bonds. The lowest BCUT2D eigenvalue weighted by Crippen LogP contribution is -2.32. The molecule has 1 aromatic carbocycles. The van der Waals surface area contributed by atoms with Crippen molar-refractivity contribution in [2.24, 2.45) is 5.73 Å². The third-order valence-electron chi connectivity index (χ3n) is 5.05. The number of amides is 1. The summed E-state index contributed by atoms with van der Waals surface area (Å²) in [5.74, 6) is 0.425. The molecule has 0 saturated heterocycles. The van der Waals surface area contributed by atoms with Gasteiger partial charge in [0.25, 0.3) is 0 Å². The van der Waals surface area contributed by atoms with Gasteiger partial charge in [-0.15, -0.1) is 6.58 Å². The molecule has 0 spiro atoms. The summed E-state index contributed by atoms with van der Waals surface area (Å²) in [7, 11) is 3.35. The number of hydrogen-bond donors (Lipinski definition) is 1. The lowest BCUT2D eigenvalue weighted by atomic mass is 9.99. The van der Waals surface area contributed by atoms with Crippen LogP contribution in [-0.4, -0.2) is 32.3 Å². The van der Waals surface area contributed by atoms with E-state index in [1.54, 1.807) is 21.1 Å². The van der Waals surface area contributed by atoms with Crippen LogP contribution in [-0.2, 0) is 20.9 Å². The first-order valence-corrected chi connectivity index (χ1v) is 10.4. The predicted molar refractivity (Wildman–Crippen MR) is 122 cm³/mol. The summed E-state index contributed by atoms with van der Waals surface area (Å²) in [6.07, 6.45) is 10.2. The molecule has 30 heavy (non-hydrogen) atoms. The molecule has 2 atom stereocenters. The monoisotopic (exact) mass is 415 g/mol. The van der Waals surface area contributed by atoms with Gasteiger partial charge in [0.15, 0.2) is 0 Å². The molecule has 1 rings (SSSR count). The first kappa shape index (κ1) is 25.7. The highest BCUT2D eigenvalue weighted by molar-refractivity contribution is 5.91. The van der Waals surface area contributed by atoms with Crippen molar-refractivity contribution in [2.45, 2.75) is 64.8 Å². The van der Waals surface area contributed by atoms with Crippen LogP contribution in [0.5, 0.6) is 5.75 Å². The van der Waals surface area contributed by atoms with E-state index in [2.05, 4.69) is 19.6 Å². The van der Waals surface area contributed by atoms with Gasteiger partial charge in [0, 0.05) is 12.7 Å². The average Bonchev–Trinajstić information content (AvgIpc) is 2.75. The highest BCUT2D eigenvalue weighted by Crippen LogP contribution is 2.22. The quantitative estimate of drug-likeness (QED) is 0.245. The minimum atomic E-state index is -0.394. The van der Waals surface area contributed by atoms with Crippen LogP contribution in [0.1, 0.15) is 51.5 Å². The Balaban J connectivity index is 2.88. The number of carbonyl (C=O) groups excluding carboxylic acids is 1. The standard InChI is InChI=1S/C25H37NO4/c1-6-7-8-9-11-19(2)24(23(29-5)13-10-12-20(3)25(26)27)30-18-21-14-16-22(28-4)17-15-21/h6,11-12,14-17,23-24H,1,7-10,13,18H2,2-5H3,(H2,26,27)/b19-11-,20-12+. The molecule has 1 aromatic rings. The van der Waals surface area contributed by atoms with E-state index >= 15 is 0 Å². The summed E-state index contributed by atoms with van der Waals surface area (Å²) in [4.78, 5) is 11.2. The van der Waals surface area contributed by atoms with Crippen molar-refractivity contribution in [3.05, 3.63) is 65.8 Å². The Morgan fingerprint density at radius 1 is 1.10 bits per heavy atom. The number of allylic oxidation sites excluding steroid dienone is 3. The van der Waals surface area contributed by atoms with Crippen molar-refractivity contribution in [2.75, 3.05) is 14.2 Å². The van der Waals surface area contributed by atoms with Gasteiger partial charge in [0.05, 0.1) is 19.8 Å². The number of carbonyl (C=O) groups is 1. The molecule has 0 aromatic heterocycles. The van der Waals surface area contributed by atoms with Gasteiger partial charge in [-0.25, -0.2) is 0 Å². The fourth-order valence-corrected chi connectivity index (χ4v) is 3.11. The Bertz CT molecular complexity index is 706. The molecule has 0 radical (unpaired) electrons. The molecule has 166 valence electrons. The van der Waals surface area contributed by atoms with E-state index in [1.807, 2.05) is 36.4 Å². The molecule has 2 unspecified atom stereocenters. The highest BCUT2D eigenvalue weighted by Gasteiger charge is 2.23. The van der Waals surface area contributed by atoms with Crippen molar-refractivity contribution in [3.8, 4) is 5.75 Å². The van der Waals surface area contributed by atoms with E-state index in [-0.39, 0.29) is 12.2 Å². The van der Waals surface area contributed by atoms with Crippen molar-refractivity contribution in [1.82, 2.24) is 0 Å². The van der Waals surface area contributed by atoms with Crippen molar-refractivity contribution < 1.29 is 19.0 Å². The highest BCUT2D eigenvalue weighted by atomic mass is 16.5. The van der Waals surface area contributed by atoms with Gasteiger partial charge in [-0.1, -0.05) is 30.4 Å². The molecular weight excluding hydrogens is 378 g/mol. The van der Waals surface area contributed by atoms with E-state index in [9.17, 15) is 4.79 Å². The number of ether oxygens (including phenoxy) is 3. The van der Waals surface area contributed by atoms with Crippen molar-refractivity contribution in [1.29, 1.82) is 0 Å². The SMILES string of the molecule is C=CCCC/C=C(/C)C(OCc1ccc(OC)cc1)C(CC/C=C(\C)C(N)=O)OC. The Morgan fingerprint density at radius 3 is 2.37 bits per heavy atom. The van der Waals surface area contributed by atoms with E-state index in [1.165, 1.54) is 0 Å². The Kier molecular flexibility index (Phi) is 12.5. The van der Waals surface area contributed by atoms with Gasteiger partial charge in [-0.05, 0) is 69.2 Å². The molecule has 0 aliphatic rings. The number of primary amides is 1. The van der Waals surface area contributed by atoms with Gasteiger partial charge in [-0.3, -0.25) is 4.79 Å². The first-order chi connectivity index (χ1) is 14.4. The summed E-state index contributed by atoms with van der Waals surface area (Å²) in [5, 5.41) is 0. The van der Waals surface area contributed by atoms with E-state index < -0.39 is 5.91 Å². The summed E-state index contributed by atoms with van der Waals surface area (Å²) in [5.41, 5.74) is 8.10. The maximum absolute atomic E-state index is 11.2. The lowest BCUT2D eigenvalue weighted by molar-refractivity contribution is -0.114. The molecule has 0 aliphatic carbocycles. The van der Waals surface area contributed by atoms with Crippen LogP contribution in [0, 0.1) is 0 Å². The van der Waals surface area contributed by atoms with Crippen LogP contribution >= 0.6 is 0 Å². The average molecular weight is 416 g/mol. The van der Waals surface area contributed by atoms with Crippen LogP contribution in [0.2, 0.25) is 0 Å². The fraction of sp³-hybridized carbons (Fsp3) is 0.480. The smallest absolute Gasteiger partial charge is 0.244 e. The maximum Gasteiger partial charge on any atom is 0.244 e. The van der Waals surface area contributed by atoms with Gasteiger partial charge in [0.2, 0.25) is 5.91 Å². The third kappa shape index (κ3) is 9.42. The minimum absolute atomic E-state index is 0.129. The second-order valence-corrected chi connectivity index (χ2v) is 7.35. The molecule has 0 aliphatic heterocycles. The Morgan fingerprint density at radius 2 is 1.80 bits per heavy atom. The van der Waals surface area contributed by atoms with E-state index in [0.29, 0.717) is 18.6 Å². The van der Waals surface area contributed by atoms with Gasteiger partial charge < -0.3 is 19.9 Å². The molecule has 0 heterocycles. The number of unbranched alkanes of at least 4 members (excludes halogenated alkanes) is 2. The normalized spacial score (nSPS) is 14.3. The zero-order valence-corrected chi connectivity index (χ0v) is 18.9. The van der Waals surface area contributed by atoms with Crippen LogP contribution in [0.4, 0.5) is 0 Å². The van der Waals surface area contributed by atoms with Crippen LogP contribution in [0.25, 0.3) is 0 Å². The van der Waals surface area contributed by atoms with E-state index in [0.717, 1.165) is 42.6 Å². The molecule has 0 saturated carbocycles. The van der Waals surface area contributed by atoms with E-state index in [4.69, 9.17) is 19.9 Å². The molecule has 0 fully saturated rings. The van der Waals surface area contributed by atoms with Crippen LogP contribution in [0.15, 0.2) is 60.2 Å². The summed E-state index contributed by atoms with van der Waals surface area (Å²) in [6, 6.07) is 7.85. The number of rotatable bonds is 15. The number of benzene rings is 1. The molecule has 5 nitrogen and oxygen atoms in total. The third-order valence-corrected chi connectivity index (χ3v) is 5.05. The topological polar surface area (TPSA) is 70.8 Å². The summed E-state index contributed by atoms with van der Waals surface area (Å²) >= 11 is 0. The molecule has 5 heteroatoms. The lowest BCUT2D eigenvalue weighted by Gasteiger charge is -2.27. The number of nitrogens with two attached hydrogens (primary N) is 1. The zero-order valence-electron chi connectivity index (χ0n) is 18.9. The Labute approximate surface area is 181 Å². The van der Waals surface area contributed by atoms with Crippen LogP contribution < -0.4 is 10.5 Å². The summed E-state index contributed by atoms with van der Waals surface area (Å²) < 4.78 is 17.3. The maximum atomic E-state index is 11.2. The molecular formula is C25H37NO4. The second-order valence-electron chi connectivity index (χ2n) is 7.35. The summed E-state index contributed by atoms with van der Waals surface area (Å²) in [6.45, 7) is 8.07. The van der Waals surface area contributed by atoms with Gasteiger partial charge in [0.1, 0.15) is 11.9 Å². The largest absolute Gasteiger partial charge is 0.497 e. The Hall–Kier alpha value is -2.37. The minimum Gasteiger partial charge on any atom is -0.497 e. The van der Waals surface area contributed by atoms with Crippen LogP contribution in [0.3, 0.4) is 0 Å². The number of hydrogen-bond acceptors (Lipinski definition) is 4. The van der Waals surface area contributed by atoms with Crippen molar-refractivity contribution >= 4 is 5.91 Å². The number of methoxy groups -OCH3 is 2. The first-order valence-electron chi connectivity index (χ1n) is 10.4. The predicted octanol–water partition coefficient (Wildman–Crippen LogP) is 5.11. The van der Waals surface area contributed by atoms with Crippen molar-refractivity contribution in [3.63, 3.8) is 0 Å². The van der Waals surface area contributed by atoms with Gasteiger partial charge in [-0.2, -0.15) is 0 Å². The fourth-order valence-electron chi connectivity index (χ4n) is 3.11. The van der Waals surface area contributed by atoms with Gasteiger partial charge >= 0.3 is 0 Å². The molecule has 0 bridgehead atoms. The second kappa shape index (κ2) is 14.6. The zero-order chi connectivity index (χ0) is 22.4. The molecule has 2 N–H and O–H groups in total.